The summed E-state index contributed by atoms with van der Waals surface area (Å²) in [6.07, 6.45) is 1.84. The predicted octanol–water partition coefficient (Wildman–Crippen LogP) is 3.75. The Bertz CT molecular complexity index is 837. The smallest absolute Gasteiger partial charge is 0.246 e. The van der Waals surface area contributed by atoms with Crippen LogP contribution in [0.15, 0.2) is 42.5 Å². The molecule has 2 aromatic rings. The lowest BCUT2D eigenvalue weighted by Crippen LogP contribution is -2.32. The van der Waals surface area contributed by atoms with Crippen LogP contribution in [-0.4, -0.2) is 17.9 Å². The zero-order valence-electron chi connectivity index (χ0n) is 14.2. The third-order valence-electron chi connectivity index (χ3n) is 4.04. The summed E-state index contributed by atoms with van der Waals surface area (Å²) in [5.41, 5.74) is 1.19. The van der Waals surface area contributed by atoms with Gasteiger partial charge in [0.25, 0.3) is 0 Å². The van der Waals surface area contributed by atoms with E-state index in [9.17, 15) is 18.4 Å². The Hall–Kier alpha value is -2.96. The second kappa shape index (κ2) is 7.51. The Kier molecular flexibility index (Phi) is 5.16. The Labute approximate surface area is 149 Å². The van der Waals surface area contributed by atoms with E-state index in [1.807, 2.05) is 0 Å². The molecule has 1 aliphatic carbocycles. The third-order valence-corrected chi connectivity index (χ3v) is 4.04. The van der Waals surface area contributed by atoms with E-state index in [0.717, 1.165) is 18.9 Å². The molecular formula is C19H19F2N3O2. The molecule has 1 aliphatic rings. The largest absolute Gasteiger partial charge is 0.374 e. The number of hydrogen-bond acceptors (Lipinski definition) is 3. The first kappa shape index (κ1) is 17.8. The lowest BCUT2D eigenvalue weighted by atomic mass is 10.2. The maximum Gasteiger partial charge on any atom is 0.246 e. The molecule has 0 saturated heterocycles. The number of nitrogens with one attached hydrogen (secondary N) is 3. The lowest BCUT2D eigenvalue weighted by Gasteiger charge is -2.16. The first-order chi connectivity index (χ1) is 12.4. The zero-order chi connectivity index (χ0) is 18.7. The molecule has 1 unspecified atom stereocenters. The molecule has 0 radical (unpaired) electrons. The second-order valence-electron chi connectivity index (χ2n) is 6.32. The third kappa shape index (κ3) is 4.56. The van der Waals surface area contributed by atoms with Crippen LogP contribution in [0.3, 0.4) is 0 Å². The van der Waals surface area contributed by atoms with E-state index >= 15 is 0 Å². The maximum atomic E-state index is 13.6. The molecule has 3 N–H and O–H groups in total. The van der Waals surface area contributed by atoms with Gasteiger partial charge in [0.05, 0.1) is 5.69 Å². The van der Waals surface area contributed by atoms with E-state index in [1.54, 1.807) is 31.2 Å². The van der Waals surface area contributed by atoms with Crippen LogP contribution in [0.4, 0.5) is 25.8 Å². The molecule has 5 nitrogen and oxygen atoms in total. The van der Waals surface area contributed by atoms with Crippen molar-refractivity contribution < 1.29 is 18.4 Å². The van der Waals surface area contributed by atoms with Crippen molar-refractivity contribution in [2.24, 2.45) is 5.92 Å². The van der Waals surface area contributed by atoms with Crippen LogP contribution in [-0.2, 0) is 9.59 Å². The molecule has 26 heavy (non-hydrogen) atoms. The number of hydrogen-bond donors (Lipinski definition) is 3. The SMILES string of the molecule is CC(Nc1cccc(NC(=O)C2CC2)c1)C(=O)Nc1ccc(F)cc1F. The number of rotatable bonds is 6. The summed E-state index contributed by atoms with van der Waals surface area (Å²) in [7, 11) is 0. The average Bonchev–Trinajstić information content (AvgIpc) is 3.42. The molecule has 0 aliphatic heterocycles. The molecule has 0 bridgehead atoms. The van der Waals surface area contributed by atoms with Crippen LogP contribution < -0.4 is 16.0 Å². The zero-order valence-corrected chi connectivity index (χ0v) is 14.2. The number of amides is 2. The van der Waals surface area contributed by atoms with E-state index in [1.165, 1.54) is 6.07 Å². The molecule has 2 aromatic carbocycles. The fourth-order valence-corrected chi connectivity index (χ4v) is 2.42. The molecule has 2 amide bonds. The lowest BCUT2D eigenvalue weighted by molar-refractivity contribution is -0.117. The molecule has 3 rings (SSSR count). The summed E-state index contributed by atoms with van der Waals surface area (Å²) in [6, 6.07) is 9.29. The molecule has 1 fully saturated rings. The summed E-state index contributed by atoms with van der Waals surface area (Å²) in [5, 5.41) is 8.24. The average molecular weight is 359 g/mol. The molecule has 136 valence electrons. The highest BCUT2D eigenvalue weighted by atomic mass is 19.1. The number of carbonyl (C=O) groups is 2. The van der Waals surface area contributed by atoms with Gasteiger partial charge in [0, 0.05) is 23.4 Å². The molecule has 0 heterocycles. The molecule has 1 saturated carbocycles. The molecule has 1 atom stereocenters. The number of halogens is 2. The number of benzene rings is 2. The van der Waals surface area contributed by atoms with Crippen molar-refractivity contribution in [1.82, 2.24) is 0 Å². The van der Waals surface area contributed by atoms with Gasteiger partial charge < -0.3 is 16.0 Å². The normalized spacial score (nSPS) is 14.4. The van der Waals surface area contributed by atoms with Crippen molar-refractivity contribution in [2.75, 3.05) is 16.0 Å². The van der Waals surface area contributed by atoms with Gasteiger partial charge in [0.15, 0.2) is 0 Å². The fourth-order valence-electron chi connectivity index (χ4n) is 2.42. The van der Waals surface area contributed by atoms with Crippen molar-refractivity contribution >= 4 is 28.9 Å². The second-order valence-corrected chi connectivity index (χ2v) is 6.32. The van der Waals surface area contributed by atoms with Gasteiger partial charge in [-0.25, -0.2) is 8.78 Å². The Balaban J connectivity index is 1.60. The van der Waals surface area contributed by atoms with Crippen LogP contribution in [0, 0.1) is 17.6 Å². The first-order valence-electron chi connectivity index (χ1n) is 8.36. The van der Waals surface area contributed by atoms with Crippen LogP contribution in [0.5, 0.6) is 0 Å². The van der Waals surface area contributed by atoms with E-state index < -0.39 is 23.6 Å². The number of anilines is 3. The highest BCUT2D eigenvalue weighted by Gasteiger charge is 2.29. The Morgan fingerprint density at radius 3 is 2.46 bits per heavy atom. The molecule has 0 spiro atoms. The van der Waals surface area contributed by atoms with Crippen molar-refractivity contribution in [3.8, 4) is 0 Å². The van der Waals surface area contributed by atoms with Crippen LogP contribution in [0.2, 0.25) is 0 Å². The van der Waals surface area contributed by atoms with Crippen LogP contribution in [0.1, 0.15) is 19.8 Å². The van der Waals surface area contributed by atoms with E-state index in [-0.39, 0.29) is 17.5 Å². The molecule has 0 aromatic heterocycles. The minimum atomic E-state index is -0.838. The van der Waals surface area contributed by atoms with Gasteiger partial charge in [-0.05, 0) is 50.1 Å². The predicted molar refractivity (Wildman–Crippen MR) is 95.9 cm³/mol. The first-order valence-corrected chi connectivity index (χ1v) is 8.36. The highest BCUT2D eigenvalue weighted by Crippen LogP contribution is 2.30. The van der Waals surface area contributed by atoms with Crippen LogP contribution >= 0.6 is 0 Å². The topological polar surface area (TPSA) is 70.2 Å². The monoisotopic (exact) mass is 359 g/mol. The molecular weight excluding hydrogens is 340 g/mol. The summed E-state index contributed by atoms with van der Waals surface area (Å²) >= 11 is 0. The summed E-state index contributed by atoms with van der Waals surface area (Å²) in [5.74, 6) is -1.92. The Morgan fingerprint density at radius 1 is 1.04 bits per heavy atom. The Morgan fingerprint density at radius 2 is 1.77 bits per heavy atom. The molecule has 7 heteroatoms. The van der Waals surface area contributed by atoms with E-state index in [0.29, 0.717) is 17.4 Å². The van der Waals surface area contributed by atoms with Gasteiger partial charge in [-0.2, -0.15) is 0 Å². The summed E-state index contributed by atoms with van der Waals surface area (Å²) in [4.78, 5) is 24.0. The van der Waals surface area contributed by atoms with Gasteiger partial charge in [-0.1, -0.05) is 6.07 Å². The van der Waals surface area contributed by atoms with Crippen LogP contribution in [0.25, 0.3) is 0 Å². The number of carbonyl (C=O) groups excluding carboxylic acids is 2. The van der Waals surface area contributed by atoms with Gasteiger partial charge in [-0.3, -0.25) is 9.59 Å². The van der Waals surface area contributed by atoms with Crippen molar-refractivity contribution in [2.45, 2.75) is 25.8 Å². The minimum absolute atomic E-state index is 0.000253. The fraction of sp³-hybridized carbons (Fsp3) is 0.263. The van der Waals surface area contributed by atoms with Crippen molar-refractivity contribution in [1.29, 1.82) is 0 Å². The van der Waals surface area contributed by atoms with E-state index in [2.05, 4.69) is 16.0 Å². The van der Waals surface area contributed by atoms with Crippen molar-refractivity contribution in [3.63, 3.8) is 0 Å². The minimum Gasteiger partial charge on any atom is -0.374 e. The summed E-state index contributed by atoms with van der Waals surface area (Å²) in [6.45, 7) is 1.62. The highest BCUT2D eigenvalue weighted by molar-refractivity contribution is 5.97. The van der Waals surface area contributed by atoms with Gasteiger partial charge in [0.2, 0.25) is 11.8 Å². The quantitative estimate of drug-likeness (QED) is 0.736. The van der Waals surface area contributed by atoms with E-state index in [4.69, 9.17) is 0 Å². The summed E-state index contributed by atoms with van der Waals surface area (Å²) < 4.78 is 26.5. The van der Waals surface area contributed by atoms with Gasteiger partial charge >= 0.3 is 0 Å². The maximum absolute atomic E-state index is 13.6. The standard InChI is InChI=1S/C19H19F2N3O2/c1-11(18(25)24-17-8-7-13(20)9-16(17)21)22-14-3-2-4-15(10-14)23-19(26)12-5-6-12/h2-4,7-12,22H,5-6H2,1H3,(H,23,26)(H,24,25). The van der Waals surface area contributed by atoms with Gasteiger partial charge in [-0.15, -0.1) is 0 Å². The van der Waals surface area contributed by atoms with Gasteiger partial charge in [0.1, 0.15) is 17.7 Å². The van der Waals surface area contributed by atoms with Crippen molar-refractivity contribution in [3.05, 3.63) is 54.1 Å².